The van der Waals surface area contributed by atoms with Gasteiger partial charge in [0.1, 0.15) is 5.56 Å². The number of carbonyl (C=O) groups excluding carboxylic acids is 1. The van der Waals surface area contributed by atoms with Gasteiger partial charge in [-0.15, -0.1) is 0 Å². The zero-order chi connectivity index (χ0) is 22.2. The third kappa shape index (κ3) is 5.79. The fraction of sp³-hybridized carbons (Fsp3) is 0.333. The molecule has 0 aliphatic heterocycles. The Labute approximate surface area is 186 Å². The second-order valence-corrected chi connectivity index (χ2v) is 7.70. The summed E-state index contributed by atoms with van der Waals surface area (Å²) in [6, 6.07) is 12.6. The number of fused-ring (bicyclic) bond motifs is 1. The van der Waals surface area contributed by atoms with E-state index in [1.807, 2.05) is 24.3 Å². The number of amides is 1. The van der Waals surface area contributed by atoms with Gasteiger partial charge in [-0.05, 0) is 48.7 Å². The molecule has 7 heteroatoms. The highest BCUT2D eigenvalue weighted by atomic mass is 35.5. The molecule has 0 radical (unpaired) electrons. The minimum atomic E-state index is -0.469. The van der Waals surface area contributed by atoms with Gasteiger partial charge in [0.15, 0.2) is 11.5 Å². The molecule has 2 N–H and O–H groups in total. The van der Waals surface area contributed by atoms with Crippen molar-refractivity contribution in [2.24, 2.45) is 0 Å². The smallest absolute Gasteiger partial charge is 0.261 e. The summed E-state index contributed by atoms with van der Waals surface area (Å²) in [5.74, 6) is 0.612. The monoisotopic (exact) mass is 441 g/mol. The summed E-state index contributed by atoms with van der Waals surface area (Å²) in [7, 11) is 1.56. The van der Waals surface area contributed by atoms with E-state index in [4.69, 9.17) is 21.1 Å². The zero-order valence-corrected chi connectivity index (χ0v) is 18.6. The maximum absolute atomic E-state index is 12.6. The van der Waals surface area contributed by atoms with Crippen LogP contribution in [0, 0.1) is 0 Å². The zero-order valence-electron chi connectivity index (χ0n) is 17.8. The number of hydrogen-bond donors (Lipinski definition) is 2. The highest BCUT2D eigenvalue weighted by Gasteiger charge is 2.16. The number of aromatic nitrogens is 1. The summed E-state index contributed by atoms with van der Waals surface area (Å²) in [6.07, 6.45) is 3.70. The van der Waals surface area contributed by atoms with Crippen LogP contribution in [0.4, 0.5) is 0 Å². The topological polar surface area (TPSA) is 80.4 Å². The molecule has 31 heavy (non-hydrogen) atoms. The van der Waals surface area contributed by atoms with Crippen molar-refractivity contribution >= 4 is 28.4 Å². The van der Waals surface area contributed by atoms with E-state index in [1.165, 1.54) is 0 Å². The summed E-state index contributed by atoms with van der Waals surface area (Å²) in [5, 5.41) is 4.18. The van der Waals surface area contributed by atoms with Gasteiger partial charge in [-0.3, -0.25) is 9.59 Å². The van der Waals surface area contributed by atoms with Crippen LogP contribution in [0.5, 0.6) is 11.5 Å². The summed E-state index contributed by atoms with van der Waals surface area (Å²) in [6.45, 7) is 3.06. The lowest BCUT2D eigenvalue weighted by Crippen LogP contribution is -2.31. The molecule has 1 amide bonds. The number of benzene rings is 2. The Balaban J connectivity index is 1.76. The van der Waals surface area contributed by atoms with E-state index < -0.39 is 11.5 Å². The van der Waals surface area contributed by atoms with Crippen molar-refractivity contribution in [2.75, 3.05) is 20.3 Å². The summed E-state index contributed by atoms with van der Waals surface area (Å²) in [4.78, 5) is 28.0. The van der Waals surface area contributed by atoms with Crippen LogP contribution < -0.4 is 20.3 Å². The third-order valence-electron chi connectivity index (χ3n) is 5.01. The van der Waals surface area contributed by atoms with Crippen LogP contribution in [-0.2, 0) is 6.42 Å². The van der Waals surface area contributed by atoms with Gasteiger partial charge in [0, 0.05) is 17.0 Å². The van der Waals surface area contributed by atoms with Crippen LogP contribution in [0.3, 0.4) is 0 Å². The van der Waals surface area contributed by atoms with E-state index in [1.54, 1.807) is 25.3 Å². The Morgan fingerprint density at radius 2 is 1.90 bits per heavy atom. The average Bonchev–Trinajstić information content (AvgIpc) is 2.77. The SMILES string of the molecule is CCCCCOc1c(O[11CH3])ccc2cc(C(=O)NCCc3ccc(Cl)cc3)c(=O)[nH]c12. The summed E-state index contributed by atoms with van der Waals surface area (Å²) in [5.41, 5.74) is 1.17. The predicted molar refractivity (Wildman–Crippen MR) is 124 cm³/mol. The molecule has 1 aromatic heterocycles. The number of rotatable bonds is 10. The molecular formula is C24H27ClN2O4. The quantitative estimate of drug-likeness (QED) is 0.445. The van der Waals surface area contributed by atoms with Crippen molar-refractivity contribution in [2.45, 2.75) is 32.6 Å². The molecule has 0 bridgehead atoms. The van der Waals surface area contributed by atoms with E-state index in [9.17, 15) is 9.59 Å². The molecule has 164 valence electrons. The average molecular weight is 442 g/mol. The molecular weight excluding hydrogens is 415 g/mol. The summed E-state index contributed by atoms with van der Waals surface area (Å²) >= 11 is 5.89. The van der Waals surface area contributed by atoms with Crippen molar-refractivity contribution in [3.63, 3.8) is 0 Å². The Bertz CT molecular complexity index is 1090. The number of methoxy groups -OCH3 is 1. The molecule has 0 atom stereocenters. The minimum absolute atomic E-state index is 0.0608. The molecule has 0 spiro atoms. The van der Waals surface area contributed by atoms with E-state index in [0.717, 1.165) is 24.8 Å². The van der Waals surface area contributed by atoms with E-state index in [2.05, 4.69) is 17.2 Å². The number of nitrogens with one attached hydrogen (secondary N) is 2. The predicted octanol–water partition coefficient (Wildman–Crippen LogP) is 4.73. The molecule has 0 aliphatic carbocycles. The number of halogens is 1. The third-order valence-corrected chi connectivity index (χ3v) is 5.26. The molecule has 0 fully saturated rings. The van der Waals surface area contributed by atoms with Crippen molar-refractivity contribution in [3.05, 3.63) is 69.0 Å². The number of pyridine rings is 1. The molecule has 2 aromatic carbocycles. The molecule has 3 rings (SSSR count). The highest BCUT2D eigenvalue weighted by Crippen LogP contribution is 2.34. The van der Waals surface area contributed by atoms with Crippen molar-refractivity contribution in [3.8, 4) is 11.5 Å². The fourth-order valence-electron chi connectivity index (χ4n) is 3.30. The standard InChI is InChI=1S/C24H27ClN2O4/c1-3-4-5-14-31-22-20(30-2)11-8-17-15-19(24(29)27-21(17)22)23(28)26-13-12-16-6-9-18(25)10-7-16/h6-11,15H,3-5,12-14H2,1-2H3,(H,26,28)(H,27,29)/i2-1. The maximum atomic E-state index is 12.6. The largest absolute Gasteiger partial charge is 0.493 e. The van der Waals surface area contributed by atoms with Crippen molar-refractivity contribution in [1.82, 2.24) is 10.3 Å². The van der Waals surface area contributed by atoms with Crippen LogP contribution in [-0.4, -0.2) is 31.2 Å². The Kier molecular flexibility index (Phi) is 7.95. The van der Waals surface area contributed by atoms with Crippen LogP contribution in [0.25, 0.3) is 10.9 Å². The molecule has 0 saturated heterocycles. The molecule has 0 aliphatic rings. The van der Waals surface area contributed by atoms with Gasteiger partial charge in [-0.25, -0.2) is 0 Å². The van der Waals surface area contributed by atoms with Gasteiger partial charge in [0.25, 0.3) is 11.5 Å². The molecule has 1 heterocycles. The first-order chi connectivity index (χ1) is 15.0. The van der Waals surface area contributed by atoms with E-state index in [-0.39, 0.29) is 5.56 Å². The second kappa shape index (κ2) is 10.9. The van der Waals surface area contributed by atoms with Crippen molar-refractivity contribution < 1.29 is 14.3 Å². The Morgan fingerprint density at radius 3 is 2.61 bits per heavy atom. The second-order valence-electron chi connectivity index (χ2n) is 7.26. The molecule has 3 aromatic rings. The lowest BCUT2D eigenvalue weighted by molar-refractivity contribution is 0.0953. The number of carbonyl (C=O) groups is 1. The van der Waals surface area contributed by atoms with Crippen molar-refractivity contribution in [1.29, 1.82) is 0 Å². The lowest BCUT2D eigenvalue weighted by atomic mass is 10.1. The first-order valence-electron chi connectivity index (χ1n) is 10.4. The number of aromatic amines is 1. The van der Waals surface area contributed by atoms with Gasteiger partial charge in [-0.2, -0.15) is 0 Å². The van der Waals surface area contributed by atoms with E-state index >= 15 is 0 Å². The van der Waals surface area contributed by atoms with E-state index in [0.29, 0.717) is 47.0 Å². The van der Waals surface area contributed by atoms with Crippen LogP contribution in [0.2, 0.25) is 5.02 Å². The Morgan fingerprint density at radius 1 is 1.13 bits per heavy atom. The van der Waals surface area contributed by atoms with Crippen LogP contribution in [0.15, 0.2) is 47.3 Å². The van der Waals surface area contributed by atoms with Gasteiger partial charge in [0.2, 0.25) is 0 Å². The minimum Gasteiger partial charge on any atom is -0.493 e. The molecule has 0 saturated carbocycles. The first-order valence-corrected chi connectivity index (χ1v) is 10.8. The summed E-state index contributed by atoms with van der Waals surface area (Å²) < 4.78 is 11.3. The number of hydrogen-bond acceptors (Lipinski definition) is 4. The number of H-pyrrole nitrogens is 1. The van der Waals surface area contributed by atoms with Crippen LogP contribution >= 0.6 is 11.6 Å². The maximum Gasteiger partial charge on any atom is 0.261 e. The number of ether oxygens (including phenoxy) is 2. The number of unbranched alkanes of at least 4 members (excludes halogenated alkanes) is 2. The highest BCUT2D eigenvalue weighted by molar-refractivity contribution is 6.30. The van der Waals surface area contributed by atoms with Crippen LogP contribution in [0.1, 0.15) is 42.1 Å². The van der Waals surface area contributed by atoms with Gasteiger partial charge in [0.05, 0.1) is 19.2 Å². The van der Waals surface area contributed by atoms with Gasteiger partial charge >= 0.3 is 0 Å². The molecule has 6 nitrogen and oxygen atoms in total. The normalized spacial score (nSPS) is 10.8. The van der Waals surface area contributed by atoms with Gasteiger partial charge in [-0.1, -0.05) is 43.5 Å². The Hall–Kier alpha value is -2.99. The van der Waals surface area contributed by atoms with Gasteiger partial charge < -0.3 is 19.8 Å². The fourth-order valence-corrected chi connectivity index (χ4v) is 3.42. The molecule has 0 unspecified atom stereocenters. The lowest BCUT2D eigenvalue weighted by Gasteiger charge is -2.14. The first kappa shape index (κ1) is 22.7.